The van der Waals surface area contributed by atoms with Crippen LogP contribution in [0, 0.1) is 19.6 Å². The summed E-state index contributed by atoms with van der Waals surface area (Å²) in [5.41, 5.74) is 5.99. The second kappa shape index (κ2) is 5.98. The predicted molar refractivity (Wildman–Crippen MR) is 77.3 cm³/mol. The van der Waals surface area contributed by atoms with Crippen molar-refractivity contribution in [1.82, 2.24) is 0 Å². The molecule has 3 N–H and O–H groups in total. The van der Waals surface area contributed by atoms with Gasteiger partial charge in [0.15, 0.2) is 0 Å². The van der Waals surface area contributed by atoms with Gasteiger partial charge < -0.3 is 11.1 Å². The number of rotatable bonds is 5. The van der Waals surface area contributed by atoms with Crippen LogP contribution in [0.3, 0.4) is 0 Å². The summed E-state index contributed by atoms with van der Waals surface area (Å²) in [6, 6.07) is 3.92. The van der Waals surface area contributed by atoms with Crippen molar-refractivity contribution in [2.75, 3.05) is 5.32 Å². The Morgan fingerprint density at radius 1 is 1.50 bits per heavy atom. The van der Waals surface area contributed by atoms with Crippen LogP contribution in [-0.4, -0.2) is 16.9 Å². The summed E-state index contributed by atoms with van der Waals surface area (Å²) in [6.45, 7) is 3.75. The SMILES string of the molecule is CC(C)C(Nc1ccc([N+](=O)[O-])cc1I)C(N)=O. The van der Waals surface area contributed by atoms with E-state index in [2.05, 4.69) is 5.32 Å². The Morgan fingerprint density at radius 2 is 2.11 bits per heavy atom. The lowest BCUT2D eigenvalue weighted by Crippen LogP contribution is -2.39. The number of nitrogens with two attached hydrogens (primary N) is 1. The molecule has 1 amide bonds. The zero-order valence-corrected chi connectivity index (χ0v) is 12.2. The molecule has 1 rings (SSSR count). The molecule has 1 unspecified atom stereocenters. The van der Waals surface area contributed by atoms with Crippen molar-refractivity contribution < 1.29 is 9.72 Å². The van der Waals surface area contributed by atoms with E-state index in [4.69, 9.17) is 5.73 Å². The molecule has 0 heterocycles. The maximum absolute atomic E-state index is 11.3. The molecule has 0 radical (unpaired) electrons. The molecule has 6 nitrogen and oxygen atoms in total. The fourth-order valence-corrected chi connectivity index (χ4v) is 2.12. The van der Waals surface area contributed by atoms with E-state index in [-0.39, 0.29) is 11.6 Å². The molecule has 0 aliphatic heterocycles. The molecule has 0 aliphatic rings. The van der Waals surface area contributed by atoms with Crippen LogP contribution in [-0.2, 0) is 4.79 Å². The molecule has 0 spiro atoms. The topological polar surface area (TPSA) is 98.3 Å². The summed E-state index contributed by atoms with van der Waals surface area (Å²) in [4.78, 5) is 21.4. The van der Waals surface area contributed by atoms with Gasteiger partial charge in [0.25, 0.3) is 5.69 Å². The van der Waals surface area contributed by atoms with E-state index in [0.29, 0.717) is 9.26 Å². The van der Waals surface area contributed by atoms with Crippen LogP contribution < -0.4 is 11.1 Å². The van der Waals surface area contributed by atoms with Gasteiger partial charge in [-0.15, -0.1) is 0 Å². The number of hydrogen-bond donors (Lipinski definition) is 2. The first-order valence-corrected chi connectivity index (χ1v) is 6.40. The summed E-state index contributed by atoms with van der Waals surface area (Å²) in [7, 11) is 0. The van der Waals surface area contributed by atoms with Gasteiger partial charge in [-0.1, -0.05) is 13.8 Å². The van der Waals surface area contributed by atoms with E-state index in [1.54, 1.807) is 6.07 Å². The van der Waals surface area contributed by atoms with Crippen molar-refractivity contribution in [3.8, 4) is 0 Å². The smallest absolute Gasteiger partial charge is 0.270 e. The van der Waals surface area contributed by atoms with Crippen LogP contribution in [0.15, 0.2) is 18.2 Å². The van der Waals surface area contributed by atoms with Gasteiger partial charge in [0.05, 0.1) is 4.92 Å². The third-order valence-corrected chi connectivity index (χ3v) is 3.34. The van der Waals surface area contributed by atoms with E-state index in [1.165, 1.54) is 12.1 Å². The van der Waals surface area contributed by atoms with Crippen LogP contribution in [0.2, 0.25) is 0 Å². The van der Waals surface area contributed by atoms with Crippen LogP contribution in [0.1, 0.15) is 13.8 Å². The number of benzene rings is 1. The Bertz CT molecular complexity index is 477. The van der Waals surface area contributed by atoms with Crippen molar-refractivity contribution in [2.24, 2.45) is 11.7 Å². The number of carbonyl (C=O) groups is 1. The molecule has 1 aromatic rings. The van der Waals surface area contributed by atoms with E-state index >= 15 is 0 Å². The van der Waals surface area contributed by atoms with Crippen LogP contribution >= 0.6 is 22.6 Å². The molecule has 0 aromatic heterocycles. The standard InChI is InChI=1S/C11H14IN3O3/c1-6(2)10(11(13)16)14-9-4-3-7(15(17)18)5-8(9)12/h3-6,10,14H,1-2H3,(H2,13,16). The van der Waals surface area contributed by atoms with Crippen LogP contribution in [0.4, 0.5) is 11.4 Å². The third-order valence-electron chi connectivity index (χ3n) is 2.45. The zero-order chi connectivity index (χ0) is 13.9. The van der Waals surface area contributed by atoms with Crippen molar-refractivity contribution in [3.05, 3.63) is 31.9 Å². The molecule has 0 bridgehead atoms. The highest BCUT2D eigenvalue weighted by atomic mass is 127. The highest BCUT2D eigenvalue weighted by molar-refractivity contribution is 14.1. The van der Waals surface area contributed by atoms with Crippen LogP contribution in [0.5, 0.6) is 0 Å². The molecule has 0 saturated carbocycles. The average molecular weight is 363 g/mol. The number of hydrogen-bond acceptors (Lipinski definition) is 4. The molecule has 0 fully saturated rings. The van der Waals surface area contributed by atoms with E-state index in [9.17, 15) is 14.9 Å². The Morgan fingerprint density at radius 3 is 2.50 bits per heavy atom. The minimum Gasteiger partial charge on any atom is -0.373 e. The first kappa shape index (κ1) is 14.7. The van der Waals surface area contributed by atoms with Gasteiger partial charge in [-0.2, -0.15) is 0 Å². The van der Waals surface area contributed by atoms with Crippen molar-refractivity contribution in [1.29, 1.82) is 0 Å². The zero-order valence-electron chi connectivity index (χ0n) is 10.0. The number of non-ortho nitro benzene ring substituents is 1. The normalized spacial score (nSPS) is 12.2. The number of nitro groups is 1. The first-order chi connectivity index (χ1) is 8.32. The molecule has 1 aromatic carbocycles. The molecule has 1 atom stereocenters. The number of primary amides is 1. The number of nitrogens with one attached hydrogen (secondary N) is 1. The highest BCUT2D eigenvalue weighted by Gasteiger charge is 2.20. The van der Waals surface area contributed by atoms with Crippen molar-refractivity contribution in [3.63, 3.8) is 0 Å². The number of amides is 1. The molecule has 0 saturated heterocycles. The molecule has 7 heteroatoms. The maximum Gasteiger partial charge on any atom is 0.270 e. The van der Waals surface area contributed by atoms with Gasteiger partial charge in [-0.25, -0.2) is 0 Å². The Labute approximate surface area is 118 Å². The van der Waals surface area contributed by atoms with E-state index < -0.39 is 16.9 Å². The summed E-state index contributed by atoms with van der Waals surface area (Å²) >= 11 is 1.98. The molecular weight excluding hydrogens is 349 g/mol. The predicted octanol–water partition coefficient (Wildman–Crippen LogP) is 2.12. The minimum atomic E-state index is -0.500. The largest absolute Gasteiger partial charge is 0.373 e. The van der Waals surface area contributed by atoms with Gasteiger partial charge in [0, 0.05) is 21.4 Å². The monoisotopic (exact) mass is 363 g/mol. The average Bonchev–Trinajstić information content (AvgIpc) is 2.25. The molecule has 0 aliphatic carbocycles. The number of halogens is 1. The Hall–Kier alpha value is -1.38. The summed E-state index contributed by atoms with van der Waals surface area (Å²) in [5, 5.41) is 13.6. The highest BCUT2D eigenvalue weighted by Crippen LogP contribution is 2.25. The van der Waals surface area contributed by atoms with Crippen LogP contribution in [0.25, 0.3) is 0 Å². The van der Waals surface area contributed by atoms with Gasteiger partial charge in [0.2, 0.25) is 5.91 Å². The van der Waals surface area contributed by atoms with Crippen molar-refractivity contribution >= 4 is 39.9 Å². The fraction of sp³-hybridized carbons (Fsp3) is 0.364. The summed E-state index contributed by atoms with van der Waals surface area (Å²) < 4.78 is 0.675. The van der Waals surface area contributed by atoms with Gasteiger partial charge >= 0.3 is 0 Å². The lowest BCUT2D eigenvalue weighted by Gasteiger charge is -2.20. The second-order valence-corrected chi connectivity index (χ2v) is 5.35. The maximum atomic E-state index is 11.3. The fourth-order valence-electron chi connectivity index (χ4n) is 1.47. The summed E-state index contributed by atoms with van der Waals surface area (Å²) in [5.74, 6) is -0.410. The quantitative estimate of drug-likeness (QED) is 0.476. The van der Waals surface area contributed by atoms with Gasteiger partial charge in [-0.05, 0) is 34.6 Å². The first-order valence-electron chi connectivity index (χ1n) is 5.32. The van der Waals surface area contributed by atoms with Gasteiger partial charge in [0.1, 0.15) is 6.04 Å². The lowest BCUT2D eigenvalue weighted by molar-refractivity contribution is -0.384. The lowest BCUT2D eigenvalue weighted by atomic mass is 10.0. The third kappa shape index (κ3) is 3.56. The van der Waals surface area contributed by atoms with E-state index in [1.807, 2.05) is 36.4 Å². The molecular formula is C11H14IN3O3. The second-order valence-electron chi connectivity index (χ2n) is 4.19. The van der Waals surface area contributed by atoms with Gasteiger partial charge in [-0.3, -0.25) is 14.9 Å². The molecule has 18 heavy (non-hydrogen) atoms. The number of carbonyl (C=O) groups excluding carboxylic acids is 1. The molecule has 98 valence electrons. The Kier molecular flexibility index (Phi) is 4.88. The number of nitrogens with zero attached hydrogens (tertiary/aromatic N) is 1. The Balaban J connectivity index is 2.97. The minimum absolute atomic E-state index is 0.0186. The summed E-state index contributed by atoms with van der Waals surface area (Å²) in [6.07, 6.45) is 0. The number of nitro benzene ring substituents is 1. The van der Waals surface area contributed by atoms with E-state index in [0.717, 1.165) is 0 Å². The number of anilines is 1. The van der Waals surface area contributed by atoms with Crippen molar-refractivity contribution in [2.45, 2.75) is 19.9 Å².